The normalized spacial score (nSPS) is 10.6. The van der Waals surface area contributed by atoms with Crippen molar-refractivity contribution in [3.63, 3.8) is 0 Å². The Hall–Kier alpha value is -0.640. The van der Waals surface area contributed by atoms with E-state index in [4.69, 9.17) is 21.8 Å². The van der Waals surface area contributed by atoms with E-state index < -0.39 is 6.29 Å². The molecule has 0 aliphatic heterocycles. The zero-order valence-electron chi connectivity index (χ0n) is 5.95. The molecule has 60 valence electrons. The number of aliphatic hydroxyl groups is 2. The number of hydrogen-bond donors (Lipinski definition) is 2. The van der Waals surface area contributed by atoms with Crippen molar-refractivity contribution in [1.29, 1.82) is 0 Å². The van der Waals surface area contributed by atoms with E-state index in [1.54, 1.807) is 19.1 Å². The number of hydrogen-bond acceptors (Lipinski definition) is 3. The Balaban J connectivity index is 3.13. The molecule has 0 fully saturated rings. The highest BCUT2D eigenvalue weighted by Crippen LogP contribution is 2.15. The van der Waals surface area contributed by atoms with Gasteiger partial charge in [-0.1, -0.05) is 17.7 Å². The fourth-order valence-corrected chi connectivity index (χ4v) is 0.935. The quantitative estimate of drug-likeness (QED) is 0.493. The van der Waals surface area contributed by atoms with Gasteiger partial charge in [0, 0.05) is 0 Å². The first-order valence-electron chi connectivity index (χ1n) is 3.10. The van der Waals surface area contributed by atoms with Crippen LogP contribution < -0.4 is 0 Å². The fraction of sp³-hybridized carbons (Fsp3) is 0.286. The summed E-state index contributed by atoms with van der Waals surface area (Å²) in [5.74, 6) is 0. The van der Waals surface area contributed by atoms with E-state index in [9.17, 15) is 0 Å². The molecule has 1 aromatic heterocycles. The van der Waals surface area contributed by atoms with Gasteiger partial charge in [-0.2, -0.15) is 0 Å². The zero-order chi connectivity index (χ0) is 8.43. The third kappa shape index (κ3) is 1.89. The van der Waals surface area contributed by atoms with E-state index in [0.717, 1.165) is 0 Å². The van der Waals surface area contributed by atoms with Crippen LogP contribution >= 0.6 is 11.6 Å². The molecule has 0 radical (unpaired) electrons. The standard InChI is InChI=1S/C7H8ClNO2/c1-4-2-3-5(8)9-6(4)7(10)11/h2-3,7,10-11H,1H3. The van der Waals surface area contributed by atoms with E-state index in [2.05, 4.69) is 4.98 Å². The van der Waals surface area contributed by atoms with Crippen molar-refractivity contribution in [3.8, 4) is 0 Å². The lowest BCUT2D eigenvalue weighted by Gasteiger charge is -2.05. The molecule has 0 saturated heterocycles. The van der Waals surface area contributed by atoms with Gasteiger partial charge in [-0.25, -0.2) is 4.98 Å². The second kappa shape index (κ2) is 3.17. The number of aromatic nitrogens is 1. The van der Waals surface area contributed by atoms with Gasteiger partial charge in [-0.05, 0) is 18.6 Å². The van der Waals surface area contributed by atoms with Crippen molar-refractivity contribution in [1.82, 2.24) is 4.98 Å². The average molecular weight is 174 g/mol. The van der Waals surface area contributed by atoms with Crippen LogP contribution in [0.2, 0.25) is 5.15 Å². The minimum absolute atomic E-state index is 0.206. The summed E-state index contributed by atoms with van der Waals surface area (Å²) < 4.78 is 0. The van der Waals surface area contributed by atoms with E-state index in [-0.39, 0.29) is 10.8 Å². The van der Waals surface area contributed by atoms with E-state index >= 15 is 0 Å². The fourth-order valence-electron chi connectivity index (χ4n) is 0.781. The predicted octanol–water partition coefficient (Wildman–Crippen LogP) is 1.03. The first-order valence-corrected chi connectivity index (χ1v) is 3.48. The second-order valence-electron chi connectivity index (χ2n) is 2.21. The molecule has 1 aromatic rings. The Morgan fingerprint density at radius 1 is 1.45 bits per heavy atom. The number of aryl methyl sites for hydroxylation is 1. The molecule has 4 heteroatoms. The molecule has 2 N–H and O–H groups in total. The molecule has 1 heterocycles. The Labute approximate surface area is 69.3 Å². The molecular weight excluding hydrogens is 166 g/mol. The smallest absolute Gasteiger partial charge is 0.196 e. The van der Waals surface area contributed by atoms with Crippen LogP contribution in [0, 0.1) is 6.92 Å². The van der Waals surface area contributed by atoms with Gasteiger partial charge in [-0.15, -0.1) is 0 Å². The van der Waals surface area contributed by atoms with E-state index in [1.165, 1.54) is 0 Å². The first-order chi connectivity index (χ1) is 5.11. The molecule has 0 bridgehead atoms. The van der Waals surface area contributed by atoms with Gasteiger partial charge in [0.2, 0.25) is 0 Å². The Kier molecular flexibility index (Phi) is 2.44. The zero-order valence-corrected chi connectivity index (χ0v) is 6.71. The van der Waals surface area contributed by atoms with Crippen molar-refractivity contribution in [3.05, 3.63) is 28.5 Å². The third-order valence-corrected chi connectivity index (χ3v) is 1.56. The minimum Gasteiger partial charge on any atom is -0.363 e. The van der Waals surface area contributed by atoms with Crippen LogP contribution in [0.5, 0.6) is 0 Å². The number of halogens is 1. The predicted molar refractivity (Wildman–Crippen MR) is 41.2 cm³/mol. The molecule has 0 aliphatic carbocycles. The third-order valence-electron chi connectivity index (χ3n) is 1.35. The molecule has 0 spiro atoms. The molecule has 0 amide bonds. The molecule has 3 nitrogen and oxygen atoms in total. The summed E-state index contributed by atoms with van der Waals surface area (Å²) in [6.07, 6.45) is -1.55. The lowest BCUT2D eigenvalue weighted by Crippen LogP contribution is -2.01. The first kappa shape index (κ1) is 8.46. The summed E-state index contributed by atoms with van der Waals surface area (Å²) in [6, 6.07) is 3.28. The Morgan fingerprint density at radius 2 is 2.09 bits per heavy atom. The van der Waals surface area contributed by atoms with Crippen molar-refractivity contribution in [2.75, 3.05) is 0 Å². The van der Waals surface area contributed by atoms with Crippen LogP contribution in [0.25, 0.3) is 0 Å². The van der Waals surface area contributed by atoms with Crippen molar-refractivity contribution in [2.24, 2.45) is 0 Å². The van der Waals surface area contributed by atoms with Gasteiger partial charge < -0.3 is 10.2 Å². The van der Waals surface area contributed by atoms with Gasteiger partial charge in [0.15, 0.2) is 6.29 Å². The van der Waals surface area contributed by atoms with Gasteiger partial charge in [-0.3, -0.25) is 0 Å². The maximum absolute atomic E-state index is 8.76. The van der Waals surface area contributed by atoms with E-state index in [0.29, 0.717) is 5.56 Å². The van der Waals surface area contributed by atoms with Gasteiger partial charge >= 0.3 is 0 Å². The van der Waals surface area contributed by atoms with Crippen LogP contribution in [-0.4, -0.2) is 15.2 Å². The summed E-state index contributed by atoms with van der Waals surface area (Å²) in [4.78, 5) is 3.74. The average Bonchev–Trinajstić information content (AvgIpc) is 1.94. The molecule has 0 unspecified atom stereocenters. The summed E-state index contributed by atoms with van der Waals surface area (Å²) in [7, 11) is 0. The van der Waals surface area contributed by atoms with Crippen molar-refractivity contribution in [2.45, 2.75) is 13.2 Å². The summed E-state index contributed by atoms with van der Waals surface area (Å²) >= 11 is 5.53. The second-order valence-corrected chi connectivity index (χ2v) is 2.60. The van der Waals surface area contributed by atoms with Gasteiger partial charge in [0.1, 0.15) is 10.8 Å². The maximum atomic E-state index is 8.76. The van der Waals surface area contributed by atoms with Gasteiger partial charge in [0.05, 0.1) is 0 Å². The number of nitrogens with zero attached hydrogens (tertiary/aromatic N) is 1. The molecular formula is C7H8ClNO2. The Morgan fingerprint density at radius 3 is 2.55 bits per heavy atom. The van der Waals surface area contributed by atoms with Crippen LogP contribution in [0.4, 0.5) is 0 Å². The molecule has 0 aromatic carbocycles. The monoisotopic (exact) mass is 173 g/mol. The molecule has 0 saturated carbocycles. The van der Waals surface area contributed by atoms with Crippen molar-refractivity contribution < 1.29 is 10.2 Å². The van der Waals surface area contributed by atoms with E-state index in [1.807, 2.05) is 0 Å². The lowest BCUT2D eigenvalue weighted by atomic mass is 10.2. The van der Waals surface area contributed by atoms with Crippen molar-refractivity contribution >= 4 is 11.6 Å². The minimum atomic E-state index is -1.55. The van der Waals surface area contributed by atoms with Crippen LogP contribution in [0.1, 0.15) is 17.5 Å². The largest absolute Gasteiger partial charge is 0.363 e. The van der Waals surface area contributed by atoms with Crippen LogP contribution in [-0.2, 0) is 0 Å². The lowest BCUT2D eigenvalue weighted by molar-refractivity contribution is -0.0462. The summed E-state index contributed by atoms with van der Waals surface area (Å²) in [5, 5.41) is 17.8. The highest BCUT2D eigenvalue weighted by molar-refractivity contribution is 6.29. The van der Waals surface area contributed by atoms with Gasteiger partial charge in [0.25, 0.3) is 0 Å². The topological polar surface area (TPSA) is 53.4 Å². The summed E-state index contributed by atoms with van der Waals surface area (Å²) in [5.41, 5.74) is 0.918. The van der Waals surface area contributed by atoms with Crippen LogP contribution in [0.3, 0.4) is 0 Å². The summed E-state index contributed by atoms with van der Waals surface area (Å²) in [6.45, 7) is 1.73. The number of aliphatic hydroxyl groups excluding tert-OH is 1. The van der Waals surface area contributed by atoms with Crippen LogP contribution in [0.15, 0.2) is 12.1 Å². The highest BCUT2D eigenvalue weighted by atomic mass is 35.5. The number of rotatable bonds is 1. The molecule has 11 heavy (non-hydrogen) atoms. The SMILES string of the molecule is Cc1ccc(Cl)nc1C(O)O. The number of pyridine rings is 1. The maximum Gasteiger partial charge on any atom is 0.196 e. The molecule has 0 atom stereocenters. The molecule has 1 rings (SSSR count). The highest BCUT2D eigenvalue weighted by Gasteiger charge is 2.07. The Bertz CT molecular complexity index is 263. The molecule has 0 aliphatic rings.